The first kappa shape index (κ1) is 18.0. The van der Waals surface area contributed by atoms with Crippen LogP contribution in [0.3, 0.4) is 0 Å². The summed E-state index contributed by atoms with van der Waals surface area (Å²) >= 11 is 1.10. The van der Waals surface area contributed by atoms with Crippen molar-refractivity contribution in [2.75, 3.05) is 5.32 Å². The number of fused-ring (bicyclic) bond motifs is 3. The van der Waals surface area contributed by atoms with Crippen molar-refractivity contribution in [3.63, 3.8) is 0 Å². The van der Waals surface area contributed by atoms with E-state index in [-0.39, 0.29) is 27.0 Å². The highest BCUT2D eigenvalue weighted by atomic mass is 32.1. The number of hydrogen-bond acceptors (Lipinski definition) is 6. The van der Waals surface area contributed by atoms with Crippen LogP contribution in [0.5, 0.6) is 0 Å². The number of nitrogens with zero attached hydrogens (tertiary/aromatic N) is 2. The molecule has 0 radical (unpaired) electrons. The summed E-state index contributed by atoms with van der Waals surface area (Å²) in [5, 5.41) is 17.7. The van der Waals surface area contributed by atoms with Gasteiger partial charge in [0.15, 0.2) is 5.78 Å². The van der Waals surface area contributed by atoms with Crippen molar-refractivity contribution in [3.8, 4) is 0 Å². The molecule has 5 rings (SSSR count). The van der Waals surface area contributed by atoms with E-state index in [1.807, 2.05) is 29.6 Å². The number of nitrogens with one attached hydrogen (secondary N) is 1. The number of Topliss-reactive ketones (excluding diaryl/α,β-unsaturated/α-hetero) is 1. The highest BCUT2D eigenvalue weighted by molar-refractivity contribution is 7.13. The Morgan fingerprint density at radius 3 is 2.86 bits per heavy atom. The summed E-state index contributed by atoms with van der Waals surface area (Å²) in [5.74, 6) is -0.225. The molecule has 1 aliphatic carbocycles. The zero-order valence-corrected chi connectivity index (χ0v) is 16.9. The van der Waals surface area contributed by atoms with E-state index in [4.69, 9.17) is 0 Å². The number of rotatable bonds is 2. The lowest BCUT2D eigenvalue weighted by molar-refractivity contribution is -0.380. The molecule has 0 bridgehead atoms. The largest absolute Gasteiger partial charge is 0.358 e. The third kappa shape index (κ3) is 2.84. The van der Waals surface area contributed by atoms with Crippen molar-refractivity contribution >= 4 is 38.7 Å². The fourth-order valence-corrected chi connectivity index (χ4v) is 5.35. The van der Waals surface area contributed by atoms with E-state index in [1.165, 1.54) is 0 Å². The van der Waals surface area contributed by atoms with Crippen molar-refractivity contribution in [2.24, 2.45) is 5.41 Å². The van der Waals surface area contributed by atoms with E-state index >= 15 is 0 Å². The van der Waals surface area contributed by atoms with Crippen LogP contribution in [0.25, 0.3) is 10.9 Å². The van der Waals surface area contributed by atoms with Crippen molar-refractivity contribution in [2.45, 2.75) is 32.6 Å². The molecule has 1 N–H and O–H groups in total. The van der Waals surface area contributed by atoms with Gasteiger partial charge in [-0.15, -0.1) is 0 Å². The average molecular weight is 405 g/mol. The summed E-state index contributed by atoms with van der Waals surface area (Å²) in [6.45, 7) is 4.20. The molecule has 0 saturated heterocycles. The Hall–Kier alpha value is -3.06. The quantitative estimate of drug-likeness (QED) is 0.455. The number of carbonyl (C=O) groups excluding carboxylic acids is 1. The first-order chi connectivity index (χ1) is 13.8. The third-order valence-corrected chi connectivity index (χ3v) is 6.63. The molecule has 0 amide bonds. The third-order valence-electron chi connectivity index (χ3n) is 5.73. The van der Waals surface area contributed by atoms with Gasteiger partial charge >= 0.3 is 5.00 Å². The lowest BCUT2D eigenvalue weighted by atomic mass is 9.68. The van der Waals surface area contributed by atoms with E-state index in [9.17, 15) is 14.9 Å². The van der Waals surface area contributed by atoms with Gasteiger partial charge in [0, 0.05) is 52.3 Å². The normalized spacial score (nSPS) is 20.2. The molecule has 1 aromatic carbocycles. The van der Waals surface area contributed by atoms with Gasteiger partial charge in [0.2, 0.25) is 0 Å². The molecule has 7 heteroatoms. The minimum Gasteiger partial charge on any atom is -0.358 e. The Labute approximate surface area is 171 Å². The summed E-state index contributed by atoms with van der Waals surface area (Å²) < 4.78 is 0. The van der Waals surface area contributed by atoms with E-state index in [0.717, 1.165) is 56.7 Å². The highest BCUT2D eigenvalue weighted by Gasteiger charge is 2.41. The molecule has 3 aromatic rings. The number of carbonyl (C=O) groups is 1. The van der Waals surface area contributed by atoms with Gasteiger partial charge in [-0.3, -0.25) is 19.9 Å². The van der Waals surface area contributed by atoms with Crippen LogP contribution < -0.4 is 5.32 Å². The summed E-state index contributed by atoms with van der Waals surface area (Å²) in [6, 6.07) is 9.45. The summed E-state index contributed by atoms with van der Waals surface area (Å²) in [7, 11) is 0. The molecule has 0 fully saturated rings. The highest BCUT2D eigenvalue weighted by Crippen LogP contribution is 2.51. The molecule has 1 unspecified atom stereocenters. The standard InChI is InChI=1S/C22H19N3O3S/c1-22(2)9-16-21(17(26)10-22)19(12-8-18(25(27)28)29-11-12)20-13-4-3-7-23-14(13)5-6-15(20)24-16/h3-8,11,19,24H,9-10H2,1-2H3. The maximum absolute atomic E-state index is 13.3. The van der Waals surface area contributed by atoms with Crippen LogP contribution in [0.1, 0.15) is 43.7 Å². The Morgan fingerprint density at radius 2 is 2.10 bits per heavy atom. The van der Waals surface area contributed by atoms with Crippen LogP contribution in [0, 0.1) is 15.5 Å². The molecule has 2 aliphatic rings. The van der Waals surface area contributed by atoms with Crippen molar-refractivity contribution < 1.29 is 9.72 Å². The van der Waals surface area contributed by atoms with Gasteiger partial charge < -0.3 is 5.32 Å². The molecule has 146 valence electrons. The van der Waals surface area contributed by atoms with Crippen molar-refractivity contribution in [3.05, 3.63) is 74.4 Å². The van der Waals surface area contributed by atoms with Crippen LogP contribution >= 0.6 is 11.3 Å². The predicted octanol–water partition coefficient (Wildman–Crippen LogP) is 5.41. The van der Waals surface area contributed by atoms with E-state index in [1.54, 1.807) is 12.3 Å². The molecule has 29 heavy (non-hydrogen) atoms. The van der Waals surface area contributed by atoms with Crippen LogP contribution in [-0.2, 0) is 4.79 Å². The van der Waals surface area contributed by atoms with E-state index in [0.29, 0.717) is 6.42 Å². The number of hydrogen-bond donors (Lipinski definition) is 1. The topological polar surface area (TPSA) is 85.1 Å². The number of aromatic nitrogens is 1. The number of nitro groups is 1. The number of allylic oxidation sites excluding steroid dienone is 2. The molecule has 6 nitrogen and oxygen atoms in total. The Balaban J connectivity index is 1.80. The number of ketones is 1. The van der Waals surface area contributed by atoms with Gasteiger partial charge in [0.25, 0.3) is 0 Å². The summed E-state index contributed by atoms with van der Waals surface area (Å²) in [5.41, 5.74) is 5.09. The fraction of sp³-hybridized carbons (Fsp3) is 0.273. The lowest BCUT2D eigenvalue weighted by Gasteiger charge is -2.39. The number of anilines is 1. The zero-order valence-electron chi connectivity index (χ0n) is 16.1. The van der Waals surface area contributed by atoms with Gasteiger partial charge in [-0.2, -0.15) is 0 Å². The molecule has 1 aliphatic heterocycles. The Bertz CT molecular complexity index is 1230. The Morgan fingerprint density at radius 1 is 1.28 bits per heavy atom. The van der Waals surface area contributed by atoms with E-state index in [2.05, 4.69) is 24.1 Å². The Kier molecular flexibility index (Phi) is 3.86. The number of thiophene rings is 1. The average Bonchev–Trinajstić information content (AvgIpc) is 3.15. The van der Waals surface area contributed by atoms with Gasteiger partial charge in [-0.05, 0) is 41.2 Å². The van der Waals surface area contributed by atoms with E-state index < -0.39 is 0 Å². The minimum atomic E-state index is -0.373. The van der Waals surface area contributed by atoms with Gasteiger partial charge in [-0.1, -0.05) is 31.3 Å². The first-order valence-electron chi connectivity index (χ1n) is 9.48. The monoisotopic (exact) mass is 405 g/mol. The SMILES string of the molecule is CC1(C)CC(=O)C2=C(C1)Nc1ccc3ncccc3c1C2c1csc([N+](=O)[O-])c1. The van der Waals surface area contributed by atoms with Gasteiger partial charge in [0.05, 0.1) is 10.4 Å². The molecular weight excluding hydrogens is 386 g/mol. The second kappa shape index (κ2) is 6.22. The molecule has 2 aromatic heterocycles. The van der Waals surface area contributed by atoms with Crippen LogP contribution in [-0.4, -0.2) is 15.7 Å². The maximum Gasteiger partial charge on any atom is 0.324 e. The fourth-order valence-electron chi connectivity index (χ4n) is 4.60. The molecule has 0 saturated carbocycles. The zero-order chi connectivity index (χ0) is 20.3. The summed E-state index contributed by atoms with van der Waals surface area (Å²) in [6.07, 6.45) is 2.98. The maximum atomic E-state index is 13.3. The van der Waals surface area contributed by atoms with Crippen LogP contribution in [0.2, 0.25) is 0 Å². The number of benzene rings is 1. The van der Waals surface area contributed by atoms with Gasteiger partial charge in [-0.25, -0.2) is 0 Å². The molecule has 3 heterocycles. The predicted molar refractivity (Wildman–Crippen MR) is 113 cm³/mol. The van der Waals surface area contributed by atoms with Crippen LogP contribution in [0.4, 0.5) is 10.7 Å². The summed E-state index contributed by atoms with van der Waals surface area (Å²) in [4.78, 5) is 28.7. The lowest BCUT2D eigenvalue weighted by Crippen LogP contribution is -2.33. The van der Waals surface area contributed by atoms with Crippen molar-refractivity contribution in [1.29, 1.82) is 0 Å². The second-order valence-electron chi connectivity index (χ2n) is 8.46. The minimum absolute atomic E-state index is 0.0872. The second-order valence-corrected chi connectivity index (χ2v) is 9.35. The smallest absolute Gasteiger partial charge is 0.324 e. The molecular formula is C22H19N3O3S. The van der Waals surface area contributed by atoms with Gasteiger partial charge in [0.1, 0.15) is 0 Å². The first-order valence-corrected chi connectivity index (χ1v) is 10.4. The van der Waals surface area contributed by atoms with Crippen molar-refractivity contribution in [1.82, 2.24) is 4.98 Å². The molecule has 1 atom stereocenters. The molecule has 0 spiro atoms. The number of pyridine rings is 1. The van der Waals surface area contributed by atoms with Crippen LogP contribution in [0.15, 0.2) is 53.2 Å².